The summed E-state index contributed by atoms with van der Waals surface area (Å²) in [7, 11) is 4.84. The molecular weight excluding hydrogens is 452 g/mol. The van der Waals surface area contributed by atoms with E-state index in [1.165, 1.54) is 0 Å². The van der Waals surface area contributed by atoms with Crippen LogP contribution in [0.3, 0.4) is 0 Å². The highest BCUT2D eigenvalue weighted by Gasteiger charge is 2.37. The standard InChI is InChI=1S/C26H30N2O5S/c1-31-20-14-22(32-2)25(23(15-20)33-3)17-9-11-27(12-10-17)26(30)18-13-24(29)28(16-18)19-5-7-21(34-4)8-6-19/h5-9,14-15,18H,10-13,16H2,1-4H3. The van der Waals surface area contributed by atoms with Crippen molar-refractivity contribution in [3.63, 3.8) is 0 Å². The number of ether oxygens (including phenoxy) is 3. The molecule has 180 valence electrons. The second kappa shape index (κ2) is 10.4. The molecule has 0 radical (unpaired) electrons. The fraction of sp³-hybridized carbons (Fsp3) is 0.385. The molecule has 1 saturated heterocycles. The number of carbonyl (C=O) groups excluding carboxylic acids is 2. The second-order valence-electron chi connectivity index (χ2n) is 8.27. The zero-order valence-electron chi connectivity index (χ0n) is 20.0. The Morgan fingerprint density at radius 2 is 1.71 bits per heavy atom. The number of anilines is 1. The normalized spacial score (nSPS) is 18.1. The molecule has 0 N–H and O–H groups in total. The molecule has 0 saturated carbocycles. The lowest BCUT2D eigenvalue weighted by atomic mass is 9.96. The van der Waals surface area contributed by atoms with Crippen LogP contribution in [0.1, 0.15) is 18.4 Å². The van der Waals surface area contributed by atoms with Crippen LogP contribution in [-0.4, -0.2) is 63.9 Å². The third-order valence-electron chi connectivity index (χ3n) is 6.42. The molecule has 2 aromatic carbocycles. The van der Waals surface area contributed by atoms with Gasteiger partial charge in [-0.25, -0.2) is 0 Å². The van der Waals surface area contributed by atoms with Crippen LogP contribution in [0.5, 0.6) is 17.2 Å². The maximum absolute atomic E-state index is 13.2. The molecule has 0 aromatic heterocycles. The van der Waals surface area contributed by atoms with E-state index in [0.29, 0.717) is 43.3 Å². The summed E-state index contributed by atoms with van der Waals surface area (Å²) in [6.45, 7) is 1.49. The molecule has 8 heteroatoms. The van der Waals surface area contributed by atoms with Gasteiger partial charge < -0.3 is 24.0 Å². The number of benzene rings is 2. The third kappa shape index (κ3) is 4.73. The van der Waals surface area contributed by atoms with Crippen molar-refractivity contribution in [2.75, 3.05) is 52.1 Å². The number of thioether (sulfide) groups is 1. The van der Waals surface area contributed by atoms with Crippen molar-refractivity contribution < 1.29 is 23.8 Å². The van der Waals surface area contributed by atoms with Crippen LogP contribution in [0, 0.1) is 5.92 Å². The van der Waals surface area contributed by atoms with Crippen LogP contribution in [0.2, 0.25) is 0 Å². The number of hydrogen-bond acceptors (Lipinski definition) is 6. The fourth-order valence-corrected chi connectivity index (χ4v) is 4.97. The van der Waals surface area contributed by atoms with E-state index in [-0.39, 0.29) is 24.2 Å². The lowest BCUT2D eigenvalue weighted by Gasteiger charge is -2.29. The van der Waals surface area contributed by atoms with Crippen LogP contribution in [0.25, 0.3) is 5.57 Å². The summed E-state index contributed by atoms with van der Waals surface area (Å²) in [5.74, 6) is 1.70. The summed E-state index contributed by atoms with van der Waals surface area (Å²) in [5.41, 5.74) is 2.80. The molecule has 2 aliphatic rings. The molecule has 1 unspecified atom stereocenters. The summed E-state index contributed by atoms with van der Waals surface area (Å²) in [6.07, 6.45) is 4.98. The van der Waals surface area contributed by atoms with Gasteiger partial charge in [0.1, 0.15) is 17.2 Å². The zero-order chi connectivity index (χ0) is 24.2. The van der Waals surface area contributed by atoms with E-state index in [1.807, 2.05) is 53.6 Å². The van der Waals surface area contributed by atoms with Gasteiger partial charge in [-0.15, -0.1) is 11.8 Å². The summed E-state index contributed by atoms with van der Waals surface area (Å²) in [5, 5.41) is 0. The summed E-state index contributed by atoms with van der Waals surface area (Å²) >= 11 is 1.66. The van der Waals surface area contributed by atoms with E-state index in [2.05, 4.69) is 0 Å². The molecule has 4 rings (SSSR count). The van der Waals surface area contributed by atoms with Crippen LogP contribution < -0.4 is 19.1 Å². The average molecular weight is 483 g/mol. The molecule has 0 spiro atoms. The molecular formula is C26H30N2O5S. The van der Waals surface area contributed by atoms with E-state index in [9.17, 15) is 9.59 Å². The number of hydrogen-bond donors (Lipinski definition) is 0. The number of amides is 2. The quantitative estimate of drug-likeness (QED) is 0.554. The minimum absolute atomic E-state index is 0.00352. The van der Waals surface area contributed by atoms with Crippen molar-refractivity contribution in [1.82, 2.24) is 4.90 Å². The molecule has 0 aliphatic carbocycles. The molecule has 2 heterocycles. The molecule has 2 aliphatic heterocycles. The lowest BCUT2D eigenvalue weighted by Crippen LogP contribution is -2.40. The summed E-state index contributed by atoms with van der Waals surface area (Å²) < 4.78 is 16.5. The van der Waals surface area contributed by atoms with E-state index in [4.69, 9.17) is 14.2 Å². The Morgan fingerprint density at radius 3 is 2.24 bits per heavy atom. The van der Waals surface area contributed by atoms with Crippen LogP contribution in [0.15, 0.2) is 47.4 Å². The van der Waals surface area contributed by atoms with Crippen molar-refractivity contribution in [2.24, 2.45) is 5.92 Å². The number of nitrogens with zero attached hydrogens (tertiary/aromatic N) is 2. The van der Waals surface area contributed by atoms with E-state index < -0.39 is 0 Å². The van der Waals surface area contributed by atoms with Crippen molar-refractivity contribution in [3.8, 4) is 17.2 Å². The maximum Gasteiger partial charge on any atom is 0.228 e. The van der Waals surface area contributed by atoms with Gasteiger partial charge in [-0.1, -0.05) is 6.08 Å². The first-order valence-corrected chi connectivity index (χ1v) is 12.4. The number of rotatable bonds is 7. The van der Waals surface area contributed by atoms with Gasteiger partial charge in [0, 0.05) is 48.8 Å². The lowest BCUT2D eigenvalue weighted by molar-refractivity contribution is -0.135. The van der Waals surface area contributed by atoms with Gasteiger partial charge in [0.25, 0.3) is 0 Å². The molecule has 7 nitrogen and oxygen atoms in total. The predicted octanol–water partition coefficient (Wildman–Crippen LogP) is 4.10. The average Bonchev–Trinajstić information content (AvgIpc) is 3.28. The Hall–Kier alpha value is -3.13. The largest absolute Gasteiger partial charge is 0.496 e. The molecule has 1 fully saturated rings. The summed E-state index contributed by atoms with van der Waals surface area (Å²) in [4.78, 5) is 30.6. The van der Waals surface area contributed by atoms with Gasteiger partial charge in [-0.2, -0.15) is 0 Å². The Labute approximate surface area is 204 Å². The van der Waals surface area contributed by atoms with Crippen molar-refractivity contribution in [2.45, 2.75) is 17.7 Å². The topological polar surface area (TPSA) is 68.3 Å². The van der Waals surface area contributed by atoms with E-state index in [1.54, 1.807) is 38.0 Å². The molecule has 2 amide bonds. The van der Waals surface area contributed by atoms with Crippen molar-refractivity contribution in [1.29, 1.82) is 0 Å². The highest BCUT2D eigenvalue weighted by molar-refractivity contribution is 7.98. The van der Waals surface area contributed by atoms with Gasteiger partial charge in [-0.05, 0) is 42.5 Å². The van der Waals surface area contributed by atoms with Gasteiger partial charge >= 0.3 is 0 Å². The Kier molecular flexibility index (Phi) is 7.36. The van der Waals surface area contributed by atoms with Gasteiger partial charge in [0.15, 0.2) is 0 Å². The molecule has 34 heavy (non-hydrogen) atoms. The van der Waals surface area contributed by atoms with Crippen molar-refractivity contribution in [3.05, 3.63) is 48.0 Å². The smallest absolute Gasteiger partial charge is 0.228 e. The molecule has 2 aromatic rings. The fourth-order valence-electron chi connectivity index (χ4n) is 4.56. The predicted molar refractivity (Wildman–Crippen MR) is 134 cm³/mol. The Bertz CT molecular complexity index is 1070. The molecule has 1 atom stereocenters. The number of methoxy groups -OCH3 is 3. The van der Waals surface area contributed by atoms with E-state index >= 15 is 0 Å². The van der Waals surface area contributed by atoms with Gasteiger partial charge in [0.2, 0.25) is 11.8 Å². The summed E-state index contributed by atoms with van der Waals surface area (Å²) in [6, 6.07) is 11.6. The van der Waals surface area contributed by atoms with Gasteiger partial charge in [0.05, 0.1) is 32.8 Å². The van der Waals surface area contributed by atoms with Crippen LogP contribution in [-0.2, 0) is 9.59 Å². The monoisotopic (exact) mass is 482 g/mol. The first-order chi connectivity index (χ1) is 16.5. The highest BCUT2D eigenvalue weighted by atomic mass is 32.2. The number of carbonyl (C=O) groups is 2. The second-order valence-corrected chi connectivity index (χ2v) is 9.15. The highest BCUT2D eigenvalue weighted by Crippen LogP contribution is 2.41. The minimum Gasteiger partial charge on any atom is -0.496 e. The van der Waals surface area contributed by atoms with Crippen molar-refractivity contribution >= 4 is 34.8 Å². The van der Waals surface area contributed by atoms with Crippen LogP contribution >= 0.6 is 11.8 Å². The SMILES string of the molecule is COc1cc(OC)c(C2=CCN(C(=O)C3CC(=O)N(c4ccc(SC)cc4)C3)CC2)c(OC)c1. The zero-order valence-corrected chi connectivity index (χ0v) is 20.8. The minimum atomic E-state index is -0.326. The van der Waals surface area contributed by atoms with Crippen LogP contribution in [0.4, 0.5) is 5.69 Å². The maximum atomic E-state index is 13.2. The molecule has 0 bridgehead atoms. The van der Waals surface area contributed by atoms with E-state index in [0.717, 1.165) is 21.7 Å². The third-order valence-corrected chi connectivity index (χ3v) is 7.16. The first kappa shape index (κ1) is 24.0. The Morgan fingerprint density at radius 1 is 1.03 bits per heavy atom. The Balaban J connectivity index is 1.46. The first-order valence-electron chi connectivity index (χ1n) is 11.2. The van der Waals surface area contributed by atoms with Gasteiger partial charge in [-0.3, -0.25) is 9.59 Å².